The Hall–Kier alpha value is 0.620. The van der Waals surface area contributed by atoms with E-state index in [9.17, 15) is 0 Å². The lowest BCUT2D eigenvalue weighted by Crippen LogP contribution is -2.29. The van der Waals surface area contributed by atoms with Crippen LogP contribution in [0.5, 0.6) is 0 Å². The number of ether oxygens (including phenoxy) is 1. The van der Waals surface area contributed by atoms with Gasteiger partial charge in [-0.15, -0.1) is 0 Å². The molecule has 0 bridgehead atoms. The minimum Gasteiger partial charge on any atom is -0.381 e. The van der Waals surface area contributed by atoms with Gasteiger partial charge in [-0.1, -0.05) is 11.7 Å². The summed E-state index contributed by atoms with van der Waals surface area (Å²) in [4.78, 5) is 0. The van der Waals surface area contributed by atoms with Gasteiger partial charge in [0.2, 0.25) is 0 Å². The largest absolute Gasteiger partial charge is 0.381 e. The number of hydrogen-bond donors (Lipinski definition) is 2. The molecule has 0 saturated carbocycles. The van der Waals surface area contributed by atoms with Crippen LogP contribution in [0.1, 0.15) is 12.8 Å². The lowest BCUT2D eigenvalue weighted by atomic mass is 10.1. The molecule has 0 amide bonds. The predicted octanol–water partition coefficient (Wildman–Crippen LogP) is 1.25. The zero-order chi connectivity index (χ0) is 6.53. The highest BCUT2D eigenvalue weighted by atomic mass is 33.1. The molecule has 4 heteroatoms. The van der Waals surface area contributed by atoms with E-state index in [2.05, 4.69) is 16.4 Å². The van der Waals surface area contributed by atoms with Crippen molar-refractivity contribution in [2.45, 2.75) is 18.9 Å². The van der Waals surface area contributed by atoms with Gasteiger partial charge in [0, 0.05) is 19.3 Å². The molecule has 1 fully saturated rings. The fourth-order valence-corrected chi connectivity index (χ4v) is 1.72. The first-order valence-electron chi connectivity index (χ1n) is 3.07. The highest BCUT2D eigenvalue weighted by Gasteiger charge is 2.11. The normalized spacial score (nSPS) is 22.3. The molecule has 1 aliphatic heterocycles. The van der Waals surface area contributed by atoms with Gasteiger partial charge in [-0.25, -0.2) is 0 Å². The summed E-state index contributed by atoms with van der Waals surface area (Å²) in [5, 5.41) is 0. The van der Waals surface area contributed by atoms with Gasteiger partial charge in [-0.05, 0) is 23.8 Å². The second-order valence-corrected chi connectivity index (χ2v) is 3.06. The summed E-state index contributed by atoms with van der Waals surface area (Å²) >= 11 is 4.00. The Morgan fingerprint density at radius 1 is 1.44 bits per heavy atom. The monoisotopic (exact) mass is 165 g/mol. The molecule has 1 N–H and O–H groups in total. The molecule has 0 unspecified atom stereocenters. The highest BCUT2D eigenvalue weighted by molar-refractivity contribution is 8.67. The van der Waals surface area contributed by atoms with Gasteiger partial charge in [-0.2, -0.15) is 0 Å². The number of hydrogen-bond acceptors (Lipinski definition) is 4. The number of rotatable bonds is 2. The zero-order valence-electron chi connectivity index (χ0n) is 5.17. The van der Waals surface area contributed by atoms with Crippen LogP contribution in [-0.2, 0) is 4.74 Å². The predicted molar refractivity (Wildman–Crippen MR) is 43.6 cm³/mol. The average molecular weight is 165 g/mol. The van der Waals surface area contributed by atoms with Gasteiger partial charge < -0.3 is 4.74 Å². The molecular weight excluding hydrogens is 154 g/mol. The number of thiol groups is 1. The van der Waals surface area contributed by atoms with Gasteiger partial charge in [0.15, 0.2) is 0 Å². The van der Waals surface area contributed by atoms with Crippen LogP contribution in [0.4, 0.5) is 0 Å². The molecule has 0 radical (unpaired) electrons. The van der Waals surface area contributed by atoms with Crippen LogP contribution >= 0.6 is 22.6 Å². The summed E-state index contributed by atoms with van der Waals surface area (Å²) in [5.74, 6) is 0. The van der Waals surface area contributed by atoms with E-state index in [0.29, 0.717) is 6.04 Å². The minimum absolute atomic E-state index is 0.612. The molecule has 1 heterocycles. The molecule has 54 valence electrons. The van der Waals surface area contributed by atoms with Crippen molar-refractivity contribution in [1.82, 2.24) is 4.72 Å². The third kappa shape index (κ3) is 2.80. The average Bonchev–Trinajstić information content (AvgIpc) is 1.91. The van der Waals surface area contributed by atoms with E-state index in [1.165, 1.54) is 11.0 Å². The van der Waals surface area contributed by atoms with Gasteiger partial charge in [0.05, 0.1) is 0 Å². The summed E-state index contributed by atoms with van der Waals surface area (Å²) in [6.07, 6.45) is 2.24. The molecule has 1 aliphatic rings. The van der Waals surface area contributed by atoms with Crippen LogP contribution in [0.15, 0.2) is 0 Å². The molecule has 0 aromatic rings. The topological polar surface area (TPSA) is 21.3 Å². The van der Waals surface area contributed by atoms with Crippen molar-refractivity contribution >= 4 is 22.6 Å². The third-order valence-electron chi connectivity index (χ3n) is 1.44. The Balaban J connectivity index is 2.08. The fourth-order valence-electron chi connectivity index (χ4n) is 0.890. The van der Waals surface area contributed by atoms with Gasteiger partial charge in [0.25, 0.3) is 0 Å². The number of nitrogens with one attached hydrogen (secondary N) is 1. The first kappa shape index (κ1) is 7.72. The smallest absolute Gasteiger partial charge is 0.0481 e. The third-order valence-corrected chi connectivity index (χ3v) is 2.20. The van der Waals surface area contributed by atoms with E-state index < -0.39 is 0 Å². The summed E-state index contributed by atoms with van der Waals surface area (Å²) in [6.45, 7) is 1.79. The first-order chi connectivity index (χ1) is 4.43. The molecule has 0 aliphatic carbocycles. The van der Waals surface area contributed by atoms with E-state index in [1.807, 2.05) is 0 Å². The minimum atomic E-state index is 0.612. The van der Waals surface area contributed by atoms with Crippen LogP contribution in [-0.4, -0.2) is 19.3 Å². The molecule has 0 aromatic heterocycles. The van der Waals surface area contributed by atoms with Crippen molar-refractivity contribution in [3.63, 3.8) is 0 Å². The van der Waals surface area contributed by atoms with Gasteiger partial charge in [-0.3, -0.25) is 4.72 Å². The van der Waals surface area contributed by atoms with E-state index in [0.717, 1.165) is 26.1 Å². The maximum absolute atomic E-state index is 5.17. The van der Waals surface area contributed by atoms with Crippen LogP contribution in [0, 0.1) is 0 Å². The second kappa shape index (κ2) is 4.44. The summed E-state index contributed by atoms with van der Waals surface area (Å²) in [7, 11) is 1.40. The van der Waals surface area contributed by atoms with Crippen molar-refractivity contribution in [3.8, 4) is 0 Å². The summed E-state index contributed by atoms with van der Waals surface area (Å²) < 4.78 is 8.36. The van der Waals surface area contributed by atoms with Crippen molar-refractivity contribution < 1.29 is 4.74 Å². The molecule has 0 aromatic carbocycles. The summed E-state index contributed by atoms with van der Waals surface area (Å²) in [5.41, 5.74) is 0. The maximum Gasteiger partial charge on any atom is 0.0481 e. The van der Waals surface area contributed by atoms with Crippen molar-refractivity contribution in [3.05, 3.63) is 0 Å². The molecular formula is C5H11NOS2. The molecule has 0 atom stereocenters. The standard InChI is InChI=1S/C5H11NOS2/c8-9-6-5-1-3-7-4-2-5/h5-6,8H,1-4H2. The quantitative estimate of drug-likeness (QED) is 0.365. The van der Waals surface area contributed by atoms with E-state index in [1.54, 1.807) is 0 Å². The Kier molecular flexibility index (Phi) is 3.81. The van der Waals surface area contributed by atoms with Crippen LogP contribution < -0.4 is 4.72 Å². The molecule has 2 nitrogen and oxygen atoms in total. The Labute approximate surface area is 64.7 Å². The lowest BCUT2D eigenvalue weighted by Gasteiger charge is -2.21. The molecule has 9 heavy (non-hydrogen) atoms. The Morgan fingerprint density at radius 2 is 2.11 bits per heavy atom. The first-order valence-corrected chi connectivity index (χ1v) is 4.94. The van der Waals surface area contributed by atoms with Crippen LogP contribution in [0.3, 0.4) is 0 Å². The van der Waals surface area contributed by atoms with E-state index in [-0.39, 0.29) is 0 Å². The SMILES string of the molecule is SSNC1CCOCC1. The summed E-state index contributed by atoms with van der Waals surface area (Å²) in [6, 6.07) is 0.612. The van der Waals surface area contributed by atoms with Crippen LogP contribution in [0.2, 0.25) is 0 Å². The lowest BCUT2D eigenvalue weighted by molar-refractivity contribution is 0.0839. The van der Waals surface area contributed by atoms with Crippen molar-refractivity contribution in [1.29, 1.82) is 0 Å². The maximum atomic E-state index is 5.17. The molecule has 1 saturated heterocycles. The fraction of sp³-hybridized carbons (Fsp3) is 1.00. The van der Waals surface area contributed by atoms with E-state index >= 15 is 0 Å². The van der Waals surface area contributed by atoms with Crippen LogP contribution in [0.25, 0.3) is 0 Å². The van der Waals surface area contributed by atoms with Gasteiger partial charge >= 0.3 is 0 Å². The highest BCUT2D eigenvalue weighted by Crippen LogP contribution is 2.10. The van der Waals surface area contributed by atoms with Crippen molar-refractivity contribution in [2.75, 3.05) is 13.2 Å². The zero-order valence-corrected chi connectivity index (χ0v) is 6.88. The Morgan fingerprint density at radius 3 is 2.67 bits per heavy atom. The van der Waals surface area contributed by atoms with Crippen molar-refractivity contribution in [2.24, 2.45) is 0 Å². The Bertz CT molecular complexity index is 72.6. The van der Waals surface area contributed by atoms with E-state index in [4.69, 9.17) is 4.74 Å². The molecule has 1 rings (SSSR count). The second-order valence-electron chi connectivity index (χ2n) is 2.10. The molecule has 0 spiro atoms. The van der Waals surface area contributed by atoms with Gasteiger partial charge in [0.1, 0.15) is 0 Å².